The minimum atomic E-state index is -0.725. The number of methoxy groups -OCH3 is 1. The number of carbonyl (C=O) groups is 3. The highest BCUT2D eigenvalue weighted by atomic mass is 16.5. The highest BCUT2D eigenvalue weighted by Crippen LogP contribution is 2.22. The highest BCUT2D eigenvalue weighted by Gasteiger charge is 2.20. The predicted octanol–water partition coefficient (Wildman–Crippen LogP) is 3.39. The van der Waals surface area contributed by atoms with Gasteiger partial charge < -0.3 is 9.47 Å². The monoisotopic (exact) mass is 352 g/mol. The van der Waals surface area contributed by atoms with Crippen LogP contribution in [0.1, 0.15) is 55.0 Å². The number of ether oxygens (including phenoxy) is 2. The number of fused-ring (bicyclic) bond motifs is 1. The zero-order chi connectivity index (χ0) is 18.5. The van der Waals surface area contributed by atoms with Crippen LogP contribution in [0.3, 0.4) is 0 Å². The van der Waals surface area contributed by atoms with Crippen molar-refractivity contribution in [2.45, 2.75) is 25.7 Å². The van der Waals surface area contributed by atoms with E-state index < -0.39 is 11.9 Å². The van der Waals surface area contributed by atoms with Gasteiger partial charge in [-0.2, -0.15) is 0 Å². The van der Waals surface area contributed by atoms with Gasteiger partial charge in [0.05, 0.1) is 18.2 Å². The van der Waals surface area contributed by atoms with Gasteiger partial charge in [0.25, 0.3) is 0 Å². The molecule has 0 atom stereocenters. The summed E-state index contributed by atoms with van der Waals surface area (Å²) in [7, 11) is 1.24. The molecule has 5 heteroatoms. The van der Waals surface area contributed by atoms with Crippen molar-refractivity contribution in [3.05, 3.63) is 70.3 Å². The summed E-state index contributed by atoms with van der Waals surface area (Å²) in [5.41, 5.74) is 3.22. The maximum absolute atomic E-state index is 12.4. The van der Waals surface area contributed by atoms with Gasteiger partial charge in [0.2, 0.25) is 0 Å². The number of hydrogen-bond acceptors (Lipinski definition) is 5. The first-order valence-electron chi connectivity index (χ1n) is 8.59. The number of Topliss-reactive ketones (excluding diaryl/α,β-unsaturated/α-hetero) is 1. The number of rotatable bonds is 5. The van der Waals surface area contributed by atoms with Crippen molar-refractivity contribution in [3.63, 3.8) is 0 Å². The van der Waals surface area contributed by atoms with Crippen molar-refractivity contribution >= 4 is 17.7 Å². The van der Waals surface area contributed by atoms with Crippen LogP contribution in [-0.4, -0.2) is 31.4 Å². The molecule has 2 aromatic rings. The van der Waals surface area contributed by atoms with E-state index >= 15 is 0 Å². The molecule has 1 aliphatic carbocycles. The molecule has 0 aliphatic heterocycles. The van der Waals surface area contributed by atoms with E-state index in [1.165, 1.54) is 36.8 Å². The zero-order valence-corrected chi connectivity index (χ0v) is 14.6. The second-order valence-corrected chi connectivity index (χ2v) is 6.23. The van der Waals surface area contributed by atoms with Gasteiger partial charge >= 0.3 is 11.9 Å². The molecule has 1 aliphatic rings. The molecule has 0 saturated heterocycles. The normalized spacial score (nSPS) is 12.8. The largest absolute Gasteiger partial charge is 0.465 e. The standard InChI is InChI=1S/C21H20O5/c1-25-20(23)17-8-4-5-9-18(17)21(24)26-13-19(22)16-11-10-14-6-2-3-7-15(14)12-16/h4-5,8-12H,2-3,6-7,13H2,1H3. The number of aryl methyl sites for hydroxylation is 2. The van der Waals surface area contributed by atoms with Gasteiger partial charge in [-0.3, -0.25) is 4.79 Å². The molecular weight excluding hydrogens is 332 g/mol. The number of hydrogen-bond donors (Lipinski definition) is 0. The van der Waals surface area contributed by atoms with Crippen molar-refractivity contribution in [1.29, 1.82) is 0 Å². The molecule has 0 aromatic heterocycles. The first-order valence-corrected chi connectivity index (χ1v) is 8.59. The van der Waals surface area contributed by atoms with E-state index in [1.54, 1.807) is 18.2 Å². The van der Waals surface area contributed by atoms with E-state index in [0.29, 0.717) is 5.56 Å². The molecular formula is C21H20O5. The Morgan fingerprint density at radius 1 is 0.885 bits per heavy atom. The van der Waals surface area contributed by atoms with Gasteiger partial charge in [-0.25, -0.2) is 9.59 Å². The van der Waals surface area contributed by atoms with Gasteiger partial charge in [0, 0.05) is 5.56 Å². The van der Waals surface area contributed by atoms with E-state index in [1.807, 2.05) is 12.1 Å². The third-order valence-corrected chi connectivity index (χ3v) is 4.56. The van der Waals surface area contributed by atoms with E-state index in [0.717, 1.165) is 19.3 Å². The Bertz CT molecular complexity index is 853. The van der Waals surface area contributed by atoms with Crippen molar-refractivity contribution in [2.75, 3.05) is 13.7 Å². The van der Waals surface area contributed by atoms with Gasteiger partial charge in [-0.15, -0.1) is 0 Å². The fourth-order valence-electron chi connectivity index (χ4n) is 3.15. The Balaban J connectivity index is 1.68. The summed E-state index contributed by atoms with van der Waals surface area (Å²) in [4.78, 5) is 36.4. The van der Waals surface area contributed by atoms with Crippen LogP contribution in [0, 0.1) is 0 Å². The van der Waals surface area contributed by atoms with E-state index in [-0.39, 0.29) is 23.5 Å². The van der Waals surface area contributed by atoms with Gasteiger partial charge in [0.15, 0.2) is 12.4 Å². The quantitative estimate of drug-likeness (QED) is 0.609. The molecule has 0 radical (unpaired) electrons. The van der Waals surface area contributed by atoms with Crippen LogP contribution in [0.4, 0.5) is 0 Å². The Morgan fingerprint density at radius 2 is 1.54 bits per heavy atom. The van der Waals surface area contributed by atoms with Gasteiger partial charge in [0.1, 0.15) is 0 Å². The van der Waals surface area contributed by atoms with E-state index in [9.17, 15) is 14.4 Å². The number of benzene rings is 2. The van der Waals surface area contributed by atoms with Crippen LogP contribution in [0.5, 0.6) is 0 Å². The highest BCUT2D eigenvalue weighted by molar-refractivity contribution is 6.04. The topological polar surface area (TPSA) is 69.7 Å². The number of esters is 2. The summed E-state index contributed by atoms with van der Waals surface area (Å²) in [6.07, 6.45) is 4.33. The SMILES string of the molecule is COC(=O)c1ccccc1C(=O)OCC(=O)c1ccc2c(c1)CCCC2. The van der Waals surface area contributed by atoms with Crippen LogP contribution in [-0.2, 0) is 22.3 Å². The summed E-state index contributed by atoms with van der Waals surface area (Å²) in [6.45, 7) is -0.368. The van der Waals surface area contributed by atoms with Crippen molar-refractivity contribution in [1.82, 2.24) is 0 Å². The molecule has 0 bridgehead atoms. The van der Waals surface area contributed by atoms with Crippen LogP contribution in [0.15, 0.2) is 42.5 Å². The minimum Gasteiger partial charge on any atom is -0.465 e. The van der Waals surface area contributed by atoms with Crippen LogP contribution in [0.2, 0.25) is 0 Å². The molecule has 0 amide bonds. The third-order valence-electron chi connectivity index (χ3n) is 4.56. The second-order valence-electron chi connectivity index (χ2n) is 6.23. The van der Waals surface area contributed by atoms with Crippen molar-refractivity contribution < 1.29 is 23.9 Å². The lowest BCUT2D eigenvalue weighted by atomic mass is 9.90. The molecule has 0 spiro atoms. The first kappa shape index (κ1) is 17.9. The summed E-state index contributed by atoms with van der Waals surface area (Å²) in [5.74, 6) is -1.61. The maximum Gasteiger partial charge on any atom is 0.339 e. The second kappa shape index (κ2) is 7.95. The summed E-state index contributed by atoms with van der Waals surface area (Å²) in [5, 5.41) is 0. The molecule has 0 fully saturated rings. The maximum atomic E-state index is 12.4. The molecule has 26 heavy (non-hydrogen) atoms. The molecule has 5 nitrogen and oxygen atoms in total. The molecule has 3 rings (SSSR count). The first-order chi connectivity index (χ1) is 12.6. The molecule has 0 unspecified atom stereocenters. The Morgan fingerprint density at radius 3 is 2.23 bits per heavy atom. The lowest BCUT2D eigenvalue weighted by Gasteiger charge is -2.16. The predicted molar refractivity (Wildman–Crippen MR) is 95.5 cm³/mol. The van der Waals surface area contributed by atoms with E-state index in [4.69, 9.17) is 4.74 Å². The minimum absolute atomic E-state index is 0.0811. The number of ketones is 1. The fourth-order valence-corrected chi connectivity index (χ4v) is 3.15. The lowest BCUT2D eigenvalue weighted by Crippen LogP contribution is -2.17. The van der Waals surface area contributed by atoms with Crippen molar-refractivity contribution in [2.24, 2.45) is 0 Å². The average Bonchev–Trinajstić information content (AvgIpc) is 2.70. The fraction of sp³-hybridized carbons (Fsp3) is 0.286. The zero-order valence-electron chi connectivity index (χ0n) is 14.6. The smallest absolute Gasteiger partial charge is 0.339 e. The van der Waals surface area contributed by atoms with Crippen LogP contribution in [0.25, 0.3) is 0 Å². The molecule has 2 aromatic carbocycles. The molecule has 0 saturated carbocycles. The van der Waals surface area contributed by atoms with Crippen LogP contribution < -0.4 is 0 Å². The molecule has 0 heterocycles. The Hall–Kier alpha value is -2.95. The average molecular weight is 352 g/mol. The molecule has 134 valence electrons. The summed E-state index contributed by atoms with van der Waals surface area (Å²) in [6, 6.07) is 11.9. The lowest BCUT2D eigenvalue weighted by molar-refractivity contribution is 0.0463. The number of carbonyl (C=O) groups excluding carboxylic acids is 3. The summed E-state index contributed by atoms with van der Waals surface area (Å²) >= 11 is 0. The summed E-state index contributed by atoms with van der Waals surface area (Å²) < 4.78 is 9.79. The Kier molecular flexibility index (Phi) is 5.46. The van der Waals surface area contributed by atoms with E-state index in [2.05, 4.69) is 4.74 Å². The Labute approximate surface area is 151 Å². The van der Waals surface area contributed by atoms with Gasteiger partial charge in [-0.05, 0) is 55.0 Å². The van der Waals surface area contributed by atoms with Crippen molar-refractivity contribution in [3.8, 4) is 0 Å². The third kappa shape index (κ3) is 3.82. The molecule has 0 N–H and O–H groups in total. The van der Waals surface area contributed by atoms with Gasteiger partial charge in [-0.1, -0.05) is 24.3 Å². The van der Waals surface area contributed by atoms with Crippen LogP contribution >= 0.6 is 0 Å².